The molecule has 3 amide bonds. The number of nitrogens with one attached hydrogen (secondary N) is 2. The number of hydrogen-bond acceptors (Lipinski definition) is 8. The van der Waals surface area contributed by atoms with Gasteiger partial charge in [-0.1, -0.05) is 118 Å². The van der Waals surface area contributed by atoms with Gasteiger partial charge in [0.25, 0.3) is 5.91 Å². The summed E-state index contributed by atoms with van der Waals surface area (Å²) in [5.41, 5.74) is 11.7. The number of rotatable bonds is 20. The quantitative estimate of drug-likeness (QED) is 0.0650. The molecule has 407 valence electrons. The van der Waals surface area contributed by atoms with E-state index in [0.29, 0.717) is 36.9 Å². The first-order valence-electron chi connectivity index (χ1n) is 28.5. The van der Waals surface area contributed by atoms with Crippen LogP contribution in [0, 0.1) is 5.41 Å². The zero-order chi connectivity index (χ0) is 54.4. The minimum absolute atomic E-state index is 0.151. The fraction of sp³-hybridized carbons (Fsp3) is 0.623. The van der Waals surface area contributed by atoms with Crippen LogP contribution in [0.25, 0.3) is 10.9 Å². The van der Waals surface area contributed by atoms with E-state index in [2.05, 4.69) is 109 Å². The number of ether oxygens (including phenoxy) is 1. The van der Waals surface area contributed by atoms with E-state index in [0.717, 1.165) is 112 Å². The second-order valence-electron chi connectivity index (χ2n) is 20.5. The Hall–Kier alpha value is -5.17. The van der Waals surface area contributed by atoms with Gasteiger partial charge in [-0.3, -0.25) is 24.4 Å². The Bertz CT molecular complexity index is 2370. The van der Waals surface area contributed by atoms with Crippen LogP contribution in [0.4, 0.5) is 0 Å². The molecule has 74 heavy (non-hydrogen) atoms. The Morgan fingerprint density at radius 3 is 2.12 bits per heavy atom. The molecule has 2 aromatic carbocycles. The fourth-order valence-corrected chi connectivity index (χ4v) is 11.5. The molecule has 7 rings (SSSR count). The third-order valence-corrected chi connectivity index (χ3v) is 15.6. The van der Waals surface area contributed by atoms with Gasteiger partial charge in [0.15, 0.2) is 0 Å². The van der Waals surface area contributed by atoms with E-state index in [-0.39, 0.29) is 42.5 Å². The first-order valence-corrected chi connectivity index (χ1v) is 28.5. The van der Waals surface area contributed by atoms with Gasteiger partial charge in [-0.25, -0.2) is 0 Å². The number of aldehydes is 1. The number of aryl methyl sites for hydroxylation is 1. The summed E-state index contributed by atoms with van der Waals surface area (Å²) in [6.07, 6.45) is 24.1. The lowest BCUT2D eigenvalue weighted by molar-refractivity contribution is -0.135. The average molecular weight is 1020 g/mol. The molecule has 5 heterocycles. The van der Waals surface area contributed by atoms with Crippen LogP contribution in [0.5, 0.6) is 5.75 Å². The normalized spacial score (nSPS) is 17.3. The van der Waals surface area contributed by atoms with E-state index in [9.17, 15) is 19.2 Å². The molecule has 2 saturated heterocycles. The van der Waals surface area contributed by atoms with E-state index in [1.165, 1.54) is 59.7 Å². The van der Waals surface area contributed by atoms with Gasteiger partial charge in [-0.05, 0) is 111 Å². The maximum absolute atomic E-state index is 13.8. The highest BCUT2D eigenvalue weighted by Gasteiger charge is 2.42. The van der Waals surface area contributed by atoms with Crippen LogP contribution in [0.3, 0.4) is 0 Å². The SMILES string of the molecule is CC.CCCCC.C[B]C.C\C=C(/C=C\C(=C(\C)CC)C(CCC)c1ccc2[nH]ncc2c1CCC)N1CCC2(CCN(C(=O)CN3Cc4cc5c(c(OC)c4C3)CN(C(CCC=O)C(=O)NC)C5=O)CC2)CC1. The number of carbonyl (C=O) groups excluding carboxylic acids is 4. The Balaban J connectivity index is 0.00000109. The molecule has 1 radical (unpaired) electrons. The topological polar surface area (TPSA) is 131 Å². The summed E-state index contributed by atoms with van der Waals surface area (Å²) in [5.74, 6) is 0.614. The van der Waals surface area contributed by atoms with Gasteiger partial charge in [0, 0.05) is 86.4 Å². The number of hydrogen-bond donors (Lipinski definition) is 2. The van der Waals surface area contributed by atoms with Crippen LogP contribution in [0.15, 0.2) is 59.5 Å². The third kappa shape index (κ3) is 15.0. The number of aromatic amines is 1. The summed E-state index contributed by atoms with van der Waals surface area (Å²) in [6.45, 7) is 29.0. The van der Waals surface area contributed by atoms with Crippen molar-refractivity contribution in [3.63, 3.8) is 0 Å². The first kappa shape index (κ1) is 61.4. The Kier molecular flexibility index (Phi) is 25.7. The summed E-state index contributed by atoms with van der Waals surface area (Å²) < 4.78 is 5.93. The van der Waals surface area contributed by atoms with E-state index in [1.54, 1.807) is 12.0 Å². The molecule has 2 unspecified atom stereocenters. The van der Waals surface area contributed by atoms with Crippen LogP contribution in [-0.4, -0.2) is 114 Å². The molecular formula is C61H95BN7O5. The van der Waals surface area contributed by atoms with Crippen LogP contribution >= 0.6 is 0 Å². The van der Waals surface area contributed by atoms with E-state index in [4.69, 9.17) is 4.74 Å². The molecule has 0 saturated carbocycles. The maximum Gasteiger partial charge on any atom is 0.255 e. The van der Waals surface area contributed by atoms with Crippen molar-refractivity contribution in [2.75, 3.05) is 46.9 Å². The number of carbonyl (C=O) groups is 4. The lowest BCUT2D eigenvalue weighted by Gasteiger charge is -2.47. The number of likely N-dealkylation sites (tertiary alicyclic amines) is 2. The molecule has 2 atom stereocenters. The summed E-state index contributed by atoms with van der Waals surface area (Å²) >= 11 is 0. The average Bonchev–Trinajstić information content (AvgIpc) is 4.15. The van der Waals surface area contributed by atoms with E-state index < -0.39 is 6.04 Å². The minimum Gasteiger partial charge on any atom is -0.496 e. The summed E-state index contributed by atoms with van der Waals surface area (Å²) in [6, 6.07) is 5.74. The van der Waals surface area contributed by atoms with Crippen molar-refractivity contribution in [2.24, 2.45) is 5.41 Å². The van der Waals surface area contributed by atoms with Crippen molar-refractivity contribution in [3.8, 4) is 5.75 Å². The number of amides is 3. The molecule has 0 aliphatic carbocycles. The molecule has 1 spiro atoms. The number of aromatic nitrogens is 2. The molecule has 12 nitrogen and oxygen atoms in total. The largest absolute Gasteiger partial charge is 0.496 e. The van der Waals surface area contributed by atoms with Crippen molar-refractivity contribution in [1.82, 2.24) is 35.1 Å². The van der Waals surface area contributed by atoms with Crippen molar-refractivity contribution in [2.45, 2.75) is 197 Å². The Morgan fingerprint density at radius 1 is 0.905 bits per heavy atom. The molecule has 4 aliphatic heterocycles. The third-order valence-electron chi connectivity index (χ3n) is 15.6. The van der Waals surface area contributed by atoms with Gasteiger partial charge in [0.1, 0.15) is 25.4 Å². The predicted molar refractivity (Wildman–Crippen MR) is 307 cm³/mol. The van der Waals surface area contributed by atoms with Gasteiger partial charge < -0.3 is 29.5 Å². The molecule has 4 aliphatic rings. The van der Waals surface area contributed by atoms with Gasteiger partial charge in [-0.2, -0.15) is 5.10 Å². The smallest absolute Gasteiger partial charge is 0.255 e. The van der Waals surface area contributed by atoms with Crippen molar-refractivity contribution in [1.29, 1.82) is 0 Å². The molecule has 1 aromatic heterocycles. The number of benzene rings is 2. The summed E-state index contributed by atoms with van der Waals surface area (Å²) in [4.78, 5) is 59.7. The van der Waals surface area contributed by atoms with Crippen molar-refractivity contribution < 1.29 is 23.9 Å². The number of H-pyrrole nitrogens is 1. The standard InChI is InChI=1S/C52H71N7O5.C5H12.C2H6B.C2H6/c1-8-13-39(41-18-19-46-43(30-54-55-46)40(41)14-9-2)38(35(5)10-3)17-16-37(11-4)57-24-20-52(21-25-57)22-26-58(27-23-52)48(61)34-56-31-36-29-42-45(49(64-7)44(36)32-56)33-59(51(42)63)47(15-12-28-60)50(62)53-6;1-3-5-4-2;1-3-2;1-2/h11,16-19,28-30,39,47H,8-10,12-15,20-27,31-34H2,1-7H3,(H,53,62)(H,54,55);3-5H2,1-2H3;1-2H3;1-2H3/b17-16-,37-11+,38-35+;;;. The zero-order valence-electron chi connectivity index (χ0n) is 48.2. The molecule has 0 bridgehead atoms. The second-order valence-corrected chi connectivity index (χ2v) is 20.5. The molecular weight excluding hydrogens is 922 g/mol. The molecule has 2 N–H and O–H groups in total. The van der Waals surface area contributed by atoms with Crippen LogP contribution in [0.1, 0.15) is 190 Å². The minimum atomic E-state index is -0.738. The number of piperidine rings is 2. The number of unbranched alkanes of at least 4 members (excludes halogenated alkanes) is 2. The van der Waals surface area contributed by atoms with Crippen LogP contribution in [0.2, 0.25) is 13.6 Å². The lowest BCUT2D eigenvalue weighted by Crippen LogP contribution is -2.49. The summed E-state index contributed by atoms with van der Waals surface area (Å²) in [7, 11) is 5.15. The number of fused-ring (bicyclic) bond motifs is 3. The highest BCUT2D eigenvalue weighted by Crippen LogP contribution is 2.44. The molecule has 13 heteroatoms. The fourth-order valence-electron chi connectivity index (χ4n) is 11.5. The zero-order valence-corrected chi connectivity index (χ0v) is 48.2. The predicted octanol–water partition coefficient (Wildman–Crippen LogP) is 12.4. The van der Waals surface area contributed by atoms with Crippen LogP contribution in [-0.2, 0) is 40.4 Å². The van der Waals surface area contributed by atoms with E-state index in [1.807, 2.05) is 47.0 Å². The monoisotopic (exact) mass is 1020 g/mol. The van der Waals surface area contributed by atoms with E-state index >= 15 is 0 Å². The Labute approximate surface area is 447 Å². The first-order chi connectivity index (χ1) is 35.9. The number of allylic oxidation sites excluding steroid dienone is 5. The molecule has 3 aromatic rings. The second kappa shape index (κ2) is 31.0. The van der Waals surface area contributed by atoms with Gasteiger partial charge in [0.2, 0.25) is 11.8 Å². The number of methoxy groups -OCH3 is 1. The number of nitrogens with zero attached hydrogens (tertiary/aromatic N) is 5. The lowest BCUT2D eigenvalue weighted by atomic mass is 9.71. The number of likely N-dealkylation sites (N-methyl/N-ethyl adjacent to an activating group) is 1. The summed E-state index contributed by atoms with van der Waals surface area (Å²) in [5, 5.41) is 11.5. The van der Waals surface area contributed by atoms with Gasteiger partial charge >= 0.3 is 0 Å². The van der Waals surface area contributed by atoms with Crippen molar-refractivity contribution in [3.05, 3.63) is 92.8 Å². The highest BCUT2D eigenvalue weighted by molar-refractivity contribution is 6.31. The van der Waals surface area contributed by atoms with Crippen LogP contribution < -0.4 is 10.1 Å². The highest BCUT2D eigenvalue weighted by atomic mass is 16.5. The van der Waals surface area contributed by atoms with Gasteiger partial charge in [-0.15, -0.1) is 0 Å². The Morgan fingerprint density at radius 2 is 1.57 bits per heavy atom. The van der Waals surface area contributed by atoms with Gasteiger partial charge in [0.05, 0.1) is 31.9 Å². The van der Waals surface area contributed by atoms with Crippen molar-refractivity contribution >= 4 is 42.2 Å². The maximum atomic E-state index is 13.8. The molecule has 2 fully saturated rings.